The SMILES string of the molecule is CC(C)c1cccc(C(C)C)c1NC(=O)N1C[C@@H](C)O[C@@H](C)C1. The Kier molecular flexibility index (Phi) is 5.69. The topological polar surface area (TPSA) is 41.6 Å². The molecule has 0 saturated carbocycles. The van der Waals surface area contributed by atoms with E-state index in [-0.39, 0.29) is 18.2 Å². The lowest BCUT2D eigenvalue weighted by molar-refractivity contribution is -0.0530. The quantitative estimate of drug-likeness (QED) is 0.886. The lowest BCUT2D eigenvalue weighted by Crippen LogP contribution is -2.49. The highest BCUT2D eigenvalue weighted by Gasteiger charge is 2.27. The van der Waals surface area contributed by atoms with Crippen molar-refractivity contribution >= 4 is 11.7 Å². The van der Waals surface area contributed by atoms with Gasteiger partial charge in [0, 0.05) is 18.8 Å². The van der Waals surface area contributed by atoms with Gasteiger partial charge < -0.3 is 15.0 Å². The molecule has 1 aromatic carbocycles. The molecule has 0 unspecified atom stereocenters. The fourth-order valence-corrected chi connectivity index (χ4v) is 3.23. The summed E-state index contributed by atoms with van der Waals surface area (Å²) in [5.74, 6) is 0.734. The molecule has 2 amide bonds. The Balaban J connectivity index is 2.26. The van der Waals surface area contributed by atoms with Crippen molar-refractivity contribution in [3.05, 3.63) is 29.3 Å². The number of urea groups is 1. The van der Waals surface area contributed by atoms with Crippen LogP contribution in [0.25, 0.3) is 0 Å². The number of hydrogen-bond donors (Lipinski definition) is 1. The number of nitrogens with one attached hydrogen (secondary N) is 1. The standard InChI is InChI=1S/C19H30N2O2/c1-12(2)16-8-7-9-17(13(3)4)18(16)20-19(22)21-10-14(5)23-15(6)11-21/h7-9,12-15H,10-11H2,1-6H3,(H,20,22)/t14-,15+. The number of anilines is 1. The van der Waals surface area contributed by atoms with E-state index in [2.05, 4.69) is 51.2 Å². The van der Waals surface area contributed by atoms with E-state index < -0.39 is 0 Å². The molecule has 0 radical (unpaired) electrons. The van der Waals surface area contributed by atoms with Gasteiger partial charge in [-0.1, -0.05) is 45.9 Å². The van der Waals surface area contributed by atoms with E-state index in [4.69, 9.17) is 4.74 Å². The lowest BCUT2D eigenvalue weighted by atomic mass is 9.93. The molecule has 2 atom stereocenters. The van der Waals surface area contributed by atoms with E-state index in [0.717, 1.165) is 5.69 Å². The number of carbonyl (C=O) groups is 1. The van der Waals surface area contributed by atoms with Gasteiger partial charge in [-0.3, -0.25) is 0 Å². The van der Waals surface area contributed by atoms with Crippen LogP contribution in [0.5, 0.6) is 0 Å². The minimum Gasteiger partial charge on any atom is -0.372 e. The molecule has 4 nitrogen and oxygen atoms in total. The molecule has 1 saturated heterocycles. The van der Waals surface area contributed by atoms with Crippen LogP contribution in [0.4, 0.5) is 10.5 Å². The molecule has 23 heavy (non-hydrogen) atoms. The molecule has 4 heteroatoms. The molecule has 1 aliphatic rings. The van der Waals surface area contributed by atoms with Crippen LogP contribution in [0.3, 0.4) is 0 Å². The summed E-state index contributed by atoms with van der Waals surface area (Å²) in [5, 5.41) is 3.18. The molecule has 1 aliphatic heterocycles. The Morgan fingerprint density at radius 2 is 1.57 bits per heavy atom. The van der Waals surface area contributed by atoms with Crippen LogP contribution in [0.2, 0.25) is 0 Å². The van der Waals surface area contributed by atoms with E-state index >= 15 is 0 Å². The van der Waals surface area contributed by atoms with E-state index in [1.807, 2.05) is 18.7 Å². The fourth-order valence-electron chi connectivity index (χ4n) is 3.23. The first-order valence-corrected chi connectivity index (χ1v) is 8.63. The molecular formula is C19H30N2O2. The third-order valence-corrected chi connectivity index (χ3v) is 4.31. The van der Waals surface area contributed by atoms with E-state index in [1.165, 1.54) is 11.1 Å². The van der Waals surface area contributed by atoms with E-state index in [0.29, 0.717) is 24.9 Å². The summed E-state index contributed by atoms with van der Waals surface area (Å²) in [7, 11) is 0. The van der Waals surface area contributed by atoms with Crippen LogP contribution in [0.1, 0.15) is 64.5 Å². The molecule has 0 spiro atoms. The van der Waals surface area contributed by atoms with Crippen molar-refractivity contribution in [2.45, 2.75) is 65.6 Å². The van der Waals surface area contributed by atoms with Gasteiger partial charge in [-0.25, -0.2) is 4.79 Å². The van der Waals surface area contributed by atoms with Crippen molar-refractivity contribution in [3.63, 3.8) is 0 Å². The minimum atomic E-state index is -0.0259. The smallest absolute Gasteiger partial charge is 0.322 e. The van der Waals surface area contributed by atoms with Gasteiger partial charge in [-0.05, 0) is 36.8 Å². The van der Waals surface area contributed by atoms with Gasteiger partial charge in [0.2, 0.25) is 0 Å². The van der Waals surface area contributed by atoms with Crippen LogP contribution in [0, 0.1) is 0 Å². The molecule has 2 rings (SSSR count). The van der Waals surface area contributed by atoms with Crippen molar-refractivity contribution in [2.75, 3.05) is 18.4 Å². The van der Waals surface area contributed by atoms with Crippen molar-refractivity contribution in [1.29, 1.82) is 0 Å². The van der Waals surface area contributed by atoms with E-state index in [1.54, 1.807) is 0 Å². The van der Waals surface area contributed by atoms with Crippen molar-refractivity contribution in [3.8, 4) is 0 Å². The number of hydrogen-bond acceptors (Lipinski definition) is 2. The maximum Gasteiger partial charge on any atom is 0.322 e. The Labute approximate surface area is 140 Å². The summed E-state index contributed by atoms with van der Waals surface area (Å²) in [5.41, 5.74) is 3.37. The Morgan fingerprint density at radius 3 is 2.00 bits per heavy atom. The van der Waals surface area contributed by atoms with E-state index in [9.17, 15) is 4.79 Å². The molecule has 1 fully saturated rings. The molecule has 1 aromatic rings. The number of carbonyl (C=O) groups excluding carboxylic acids is 1. The number of ether oxygens (including phenoxy) is 1. The third-order valence-electron chi connectivity index (χ3n) is 4.31. The Bertz CT molecular complexity index is 518. The fraction of sp³-hybridized carbons (Fsp3) is 0.632. The van der Waals surface area contributed by atoms with Gasteiger partial charge in [-0.2, -0.15) is 0 Å². The average molecular weight is 318 g/mol. The molecule has 0 aliphatic carbocycles. The van der Waals surface area contributed by atoms with Crippen LogP contribution < -0.4 is 5.32 Å². The summed E-state index contributed by atoms with van der Waals surface area (Å²) in [6.07, 6.45) is 0.156. The minimum absolute atomic E-state index is 0.0259. The molecule has 1 N–H and O–H groups in total. The number of para-hydroxylation sites is 1. The summed E-state index contributed by atoms with van der Waals surface area (Å²) in [6.45, 7) is 13.9. The molecular weight excluding hydrogens is 288 g/mol. The highest BCUT2D eigenvalue weighted by atomic mass is 16.5. The van der Waals surface area contributed by atoms with Crippen LogP contribution in [-0.4, -0.2) is 36.2 Å². The Morgan fingerprint density at radius 1 is 1.09 bits per heavy atom. The maximum atomic E-state index is 12.8. The summed E-state index contributed by atoms with van der Waals surface area (Å²) in [4.78, 5) is 14.6. The first-order valence-electron chi connectivity index (χ1n) is 8.63. The lowest BCUT2D eigenvalue weighted by Gasteiger charge is -2.35. The van der Waals surface area contributed by atoms with Gasteiger partial charge >= 0.3 is 6.03 Å². The number of morpholine rings is 1. The van der Waals surface area contributed by atoms with Gasteiger partial charge in [0.05, 0.1) is 12.2 Å². The molecule has 0 bridgehead atoms. The highest BCUT2D eigenvalue weighted by molar-refractivity contribution is 5.91. The van der Waals surface area contributed by atoms with Crippen molar-refractivity contribution in [2.24, 2.45) is 0 Å². The maximum absolute atomic E-state index is 12.8. The number of rotatable bonds is 3. The number of benzene rings is 1. The van der Waals surface area contributed by atoms with Crippen LogP contribution in [-0.2, 0) is 4.74 Å². The van der Waals surface area contributed by atoms with Crippen LogP contribution >= 0.6 is 0 Å². The Hall–Kier alpha value is -1.55. The van der Waals surface area contributed by atoms with Gasteiger partial charge in [0.1, 0.15) is 0 Å². The van der Waals surface area contributed by atoms with Crippen molar-refractivity contribution < 1.29 is 9.53 Å². The van der Waals surface area contributed by atoms with Gasteiger partial charge in [-0.15, -0.1) is 0 Å². The zero-order valence-corrected chi connectivity index (χ0v) is 15.2. The summed E-state index contributed by atoms with van der Waals surface area (Å²) >= 11 is 0. The largest absolute Gasteiger partial charge is 0.372 e. The second kappa shape index (κ2) is 7.35. The molecule has 0 aromatic heterocycles. The first-order chi connectivity index (χ1) is 10.8. The molecule has 128 valence electrons. The monoisotopic (exact) mass is 318 g/mol. The summed E-state index contributed by atoms with van der Waals surface area (Å²) < 4.78 is 5.72. The second-order valence-corrected chi connectivity index (χ2v) is 7.21. The molecule has 1 heterocycles. The zero-order chi connectivity index (χ0) is 17.1. The third kappa shape index (κ3) is 4.25. The predicted octanol–water partition coefficient (Wildman–Crippen LogP) is 4.57. The number of amides is 2. The zero-order valence-electron chi connectivity index (χ0n) is 15.2. The van der Waals surface area contributed by atoms with Crippen molar-refractivity contribution in [1.82, 2.24) is 4.90 Å². The highest BCUT2D eigenvalue weighted by Crippen LogP contribution is 2.32. The normalized spacial score (nSPS) is 21.8. The number of nitrogens with zero attached hydrogens (tertiary/aromatic N) is 1. The predicted molar refractivity (Wildman–Crippen MR) is 95.2 cm³/mol. The average Bonchev–Trinajstić information content (AvgIpc) is 2.45. The van der Waals surface area contributed by atoms with Crippen LogP contribution in [0.15, 0.2) is 18.2 Å². The summed E-state index contributed by atoms with van der Waals surface area (Å²) in [6, 6.07) is 6.27. The van der Waals surface area contributed by atoms with Gasteiger partial charge in [0.25, 0.3) is 0 Å². The van der Waals surface area contributed by atoms with Gasteiger partial charge in [0.15, 0.2) is 0 Å². The first kappa shape index (κ1) is 17.8. The second-order valence-electron chi connectivity index (χ2n) is 7.21.